The maximum Gasteiger partial charge on any atom is 0.344 e. The molecule has 1 aliphatic rings. The Bertz CT molecular complexity index is 819. The van der Waals surface area contributed by atoms with Gasteiger partial charge in [0.25, 0.3) is 0 Å². The SMILES string of the molecule is O=C(CSc1n[nH]c(=O)n1C[C@H]1CCCO1)Nc1ccc(F)cc1Cl. The van der Waals surface area contributed by atoms with Crippen LogP contribution < -0.4 is 11.0 Å². The van der Waals surface area contributed by atoms with Crippen LogP contribution in [0.5, 0.6) is 0 Å². The van der Waals surface area contributed by atoms with Crippen LogP contribution in [-0.4, -0.2) is 39.1 Å². The van der Waals surface area contributed by atoms with Crippen molar-refractivity contribution in [2.24, 2.45) is 0 Å². The lowest BCUT2D eigenvalue weighted by Gasteiger charge is -2.11. The molecule has 0 saturated carbocycles. The summed E-state index contributed by atoms with van der Waals surface area (Å²) >= 11 is 7.00. The first-order valence-electron chi connectivity index (χ1n) is 7.67. The van der Waals surface area contributed by atoms with Gasteiger partial charge in [0.15, 0.2) is 5.16 Å². The second kappa shape index (κ2) is 8.03. The molecule has 2 aromatic rings. The summed E-state index contributed by atoms with van der Waals surface area (Å²) in [5, 5.41) is 9.46. The highest BCUT2D eigenvalue weighted by Gasteiger charge is 2.20. The van der Waals surface area contributed by atoms with E-state index in [-0.39, 0.29) is 28.5 Å². The fraction of sp³-hybridized carbons (Fsp3) is 0.400. The van der Waals surface area contributed by atoms with Crippen molar-refractivity contribution in [3.63, 3.8) is 0 Å². The van der Waals surface area contributed by atoms with Crippen LogP contribution in [0.1, 0.15) is 12.8 Å². The fourth-order valence-corrected chi connectivity index (χ4v) is 3.44. The van der Waals surface area contributed by atoms with E-state index in [1.807, 2.05) is 0 Å². The molecule has 2 heterocycles. The smallest absolute Gasteiger partial charge is 0.344 e. The lowest BCUT2D eigenvalue weighted by Crippen LogP contribution is -2.25. The van der Waals surface area contributed by atoms with Crippen molar-refractivity contribution in [2.75, 3.05) is 17.7 Å². The minimum Gasteiger partial charge on any atom is -0.376 e. The number of aromatic amines is 1. The molecular formula is C15H16ClFN4O3S. The van der Waals surface area contributed by atoms with Crippen LogP contribution in [0.25, 0.3) is 0 Å². The van der Waals surface area contributed by atoms with Crippen molar-refractivity contribution >= 4 is 35.0 Å². The molecule has 1 fully saturated rings. The molecule has 0 bridgehead atoms. The Hall–Kier alpha value is -1.84. The summed E-state index contributed by atoms with van der Waals surface area (Å²) in [5.74, 6) is -0.784. The molecule has 0 unspecified atom stereocenters. The van der Waals surface area contributed by atoms with Gasteiger partial charge in [0.05, 0.1) is 29.1 Å². The monoisotopic (exact) mass is 386 g/mol. The lowest BCUT2D eigenvalue weighted by atomic mass is 10.2. The van der Waals surface area contributed by atoms with Gasteiger partial charge in [-0.1, -0.05) is 23.4 Å². The average molecular weight is 387 g/mol. The van der Waals surface area contributed by atoms with E-state index >= 15 is 0 Å². The van der Waals surface area contributed by atoms with Crippen LogP contribution >= 0.6 is 23.4 Å². The molecule has 10 heteroatoms. The zero-order valence-corrected chi connectivity index (χ0v) is 14.7. The van der Waals surface area contributed by atoms with Crippen molar-refractivity contribution in [1.82, 2.24) is 14.8 Å². The van der Waals surface area contributed by atoms with Crippen LogP contribution in [0.15, 0.2) is 28.2 Å². The number of nitrogens with one attached hydrogen (secondary N) is 2. The van der Waals surface area contributed by atoms with Crippen LogP contribution in [0.3, 0.4) is 0 Å². The van der Waals surface area contributed by atoms with E-state index in [1.165, 1.54) is 16.7 Å². The average Bonchev–Trinajstić information content (AvgIpc) is 3.20. The molecule has 1 amide bonds. The number of benzene rings is 1. The molecule has 1 atom stereocenters. The van der Waals surface area contributed by atoms with Gasteiger partial charge in [-0.05, 0) is 31.0 Å². The second-order valence-corrected chi connectivity index (χ2v) is 6.87. The summed E-state index contributed by atoms with van der Waals surface area (Å²) in [5.41, 5.74) is -0.00701. The van der Waals surface area contributed by atoms with Crippen molar-refractivity contribution < 1.29 is 13.9 Å². The second-order valence-electron chi connectivity index (χ2n) is 5.52. The molecule has 3 rings (SSSR count). The highest BCUT2D eigenvalue weighted by atomic mass is 35.5. The summed E-state index contributed by atoms with van der Waals surface area (Å²) in [6.45, 7) is 1.10. The van der Waals surface area contributed by atoms with Gasteiger partial charge < -0.3 is 10.1 Å². The number of H-pyrrole nitrogens is 1. The van der Waals surface area contributed by atoms with Gasteiger partial charge in [-0.25, -0.2) is 14.3 Å². The summed E-state index contributed by atoms with van der Waals surface area (Å²) in [6, 6.07) is 3.72. The first kappa shape index (κ1) is 18.0. The summed E-state index contributed by atoms with van der Waals surface area (Å²) in [6.07, 6.45) is 1.85. The number of carbonyl (C=O) groups excluding carboxylic acids is 1. The first-order chi connectivity index (χ1) is 12.0. The zero-order chi connectivity index (χ0) is 17.8. The quantitative estimate of drug-likeness (QED) is 0.743. The highest BCUT2D eigenvalue weighted by Crippen LogP contribution is 2.23. The molecular weight excluding hydrogens is 371 g/mol. The van der Waals surface area contributed by atoms with E-state index in [9.17, 15) is 14.0 Å². The van der Waals surface area contributed by atoms with E-state index in [0.29, 0.717) is 24.0 Å². The minimum atomic E-state index is -0.480. The molecule has 1 aliphatic heterocycles. The molecule has 1 aromatic heterocycles. The summed E-state index contributed by atoms with van der Waals surface area (Å²) < 4.78 is 20.0. The standard InChI is InChI=1S/C15H16ClFN4O3S/c16-11-6-9(17)3-4-12(11)18-13(22)8-25-15-20-19-14(23)21(15)7-10-2-1-5-24-10/h3-4,6,10H,1-2,5,7-8H2,(H,18,22)(H,19,23)/t10-/m1/s1. The van der Waals surface area contributed by atoms with Gasteiger partial charge in [0, 0.05) is 6.61 Å². The number of thioether (sulfide) groups is 1. The van der Waals surface area contributed by atoms with Gasteiger partial charge in [-0.2, -0.15) is 0 Å². The third kappa shape index (κ3) is 4.62. The maximum atomic E-state index is 13.0. The number of anilines is 1. The Morgan fingerprint density at radius 2 is 2.40 bits per heavy atom. The lowest BCUT2D eigenvalue weighted by molar-refractivity contribution is -0.113. The van der Waals surface area contributed by atoms with Crippen molar-refractivity contribution in [3.8, 4) is 0 Å². The number of hydrogen-bond donors (Lipinski definition) is 2. The predicted molar refractivity (Wildman–Crippen MR) is 92.6 cm³/mol. The number of rotatable bonds is 6. The number of ether oxygens (including phenoxy) is 1. The number of carbonyl (C=O) groups is 1. The molecule has 0 spiro atoms. The Morgan fingerprint density at radius 3 is 3.12 bits per heavy atom. The number of amides is 1. The van der Waals surface area contributed by atoms with Crippen molar-refractivity contribution in [3.05, 3.63) is 39.5 Å². The van der Waals surface area contributed by atoms with Gasteiger partial charge in [0.2, 0.25) is 5.91 Å². The van der Waals surface area contributed by atoms with Gasteiger partial charge in [-0.3, -0.25) is 9.36 Å². The Balaban J connectivity index is 1.59. The van der Waals surface area contributed by atoms with E-state index in [4.69, 9.17) is 16.3 Å². The first-order valence-corrected chi connectivity index (χ1v) is 9.04. The van der Waals surface area contributed by atoms with Gasteiger partial charge >= 0.3 is 5.69 Å². The minimum absolute atomic E-state index is 0.0125. The molecule has 0 aliphatic carbocycles. The number of nitrogens with zero attached hydrogens (tertiary/aromatic N) is 2. The van der Waals surface area contributed by atoms with Crippen LogP contribution in [0.4, 0.5) is 10.1 Å². The third-order valence-corrected chi connectivity index (χ3v) is 4.96. The third-order valence-electron chi connectivity index (χ3n) is 3.67. The Labute approximate surface area is 151 Å². The molecule has 2 N–H and O–H groups in total. The molecule has 1 saturated heterocycles. The van der Waals surface area contributed by atoms with E-state index in [1.54, 1.807) is 0 Å². The molecule has 7 nitrogen and oxygen atoms in total. The number of halogens is 2. The largest absolute Gasteiger partial charge is 0.376 e. The van der Waals surface area contributed by atoms with Crippen molar-refractivity contribution in [1.29, 1.82) is 0 Å². The van der Waals surface area contributed by atoms with E-state index < -0.39 is 5.82 Å². The molecule has 134 valence electrons. The Morgan fingerprint density at radius 1 is 1.56 bits per heavy atom. The van der Waals surface area contributed by atoms with Crippen molar-refractivity contribution in [2.45, 2.75) is 30.6 Å². The summed E-state index contributed by atoms with van der Waals surface area (Å²) in [7, 11) is 0. The molecule has 0 radical (unpaired) electrons. The van der Waals surface area contributed by atoms with E-state index in [2.05, 4.69) is 15.5 Å². The highest BCUT2D eigenvalue weighted by molar-refractivity contribution is 7.99. The Kier molecular flexibility index (Phi) is 5.77. The van der Waals surface area contributed by atoms with Gasteiger partial charge in [0.1, 0.15) is 5.82 Å². The number of aromatic nitrogens is 3. The molecule has 1 aromatic carbocycles. The molecule has 25 heavy (non-hydrogen) atoms. The van der Waals surface area contributed by atoms with Crippen LogP contribution in [0, 0.1) is 5.82 Å². The van der Waals surface area contributed by atoms with Crippen LogP contribution in [-0.2, 0) is 16.1 Å². The predicted octanol–water partition coefficient (Wildman–Crippen LogP) is 2.27. The topological polar surface area (TPSA) is 89.0 Å². The van der Waals surface area contributed by atoms with E-state index in [0.717, 1.165) is 30.7 Å². The fourth-order valence-electron chi connectivity index (χ4n) is 2.47. The normalized spacial score (nSPS) is 17.0. The maximum absolute atomic E-state index is 13.0. The zero-order valence-electron chi connectivity index (χ0n) is 13.1. The van der Waals surface area contributed by atoms with Gasteiger partial charge in [-0.15, -0.1) is 5.10 Å². The van der Waals surface area contributed by atoms with Crippen LogP contribution in [0.2, 0.25) is 5.02 Å². The summed E-state index contributed by atoms with van der Waals surface area (Å²) in [4.78, 5) is 23.9. The number of hydrogen-bond acceptors (Lipinski definition) is 5.